The lowest BCUT2D eigenvalue weighted by atomic mass is 10.1. The summed E-state index contributed by atoms with van der Waals surface area (Å²) in [5, 5.41) is 10.3. The quantitative estimate of drug-likeness (QED) is 0.316. The highest BCUT2D eigenvalue weighted by Crippen LogP contribution is 2.31. The molecule has 6 aromatic rings. The van der Waals surface area contributed by atoms with E-state index in [9.17, 15) is 9.18 Å². The highest BCUT2D eigenvalue weighted by molar-refractivity contribution is 5.96. The predicted molar refractivity (Wildman–Crippen MR) is 134 cm³/mol. The van der Waals surface area contributed by atoms with E-state index < -0.39 is 0 Å². The molecule has 6 rings (SSSR count). The smallest absolute Gasteiger partial charge is 0.224 e. The average Bonchev–Trinajstić information content (AvgIpc) is 3.52. The molecule has 0 radical (unpaired) electrons. The van der Waals surface area contributed by atoms with Crippen molar-refractivity contribution in [2.45, 2.75) is 13.3 Å². The lowest BCUT2D eigenvalue weighted by molar-refractivity contribution is -0.115. The predicted octanol–water partition coefficient (Wildman–Crippen LogP) is 5.11. The number of hydrogen-bond donors (Lipinski definition) is 3. The van der Waals surface area contributed by atoms with Crippen LogP contribution < -0.4 is 5.32 Å². The zero-order chi connectivity index (χ0) is 24.6. The number of aromatic amines is 2. The summed E-state index contributed by atoms with van der Waals surface area (Å²) < 4.78 is 13.8. The van der Waals surface area contributed by atoms with Gasteiger partial charge in [-0.1, -0.05) is 19.1 Å². The second-order valence-electron chi connectivity index (χ2n) is 8.21. The van der Waals surface area contributed by atoms with E-state index in [-0.39, 0.29) is 11.7 Å². The summed E-state index contributed by atoms with van der Waals surface area (Å²) in [6.45, 7) is 1.79. The van der Waals surface area contributed by atoms with Crippen LogP contribution in [0.25, 0.3) is 56.0 Å². The number of H-pyrrole nitrogens is 2. The third kappa shape index (κ3) is 3.84. The van der Waals surface area contributed by atoms with E-state index in [1.54, 1.807) is 37.8 Å². The second-order valence-corrected chi connectivity index (χ2v) is 8.21. The molecule has 36 heavy (non-hydrogen) atoms. The molecular weight excluding hydrogens is 459 g/mol. The summed E-state index contributed by atoms with van der Waals surface area (Å²) in [7, 11) is 0. The van der Waals surface area contributed by atoms with Crippen LogP contribution in [0.1, 0.15) is 13.3 Å². The molecule has 0 aliphatic heterocycles. The lowest BCUT2D eigenvalue weighted by Crippen LogP contribution is -2.09. The molecule has 0 spiro atoms. The Morgan fingerprint density at radius 2 is 1.83 bits per heavy atom. The SMILES string of the molecule is CCC(=O)Nc1cncc(-c2ccc3[nH]nc(-c4nc5c(-c6cccc(F)c6)cncc5[nH]4)c3n2)c1. The lowest BCUT2D eigenvalue weighted by Gasteiger charge is -2.06. The maximum absolute atomic E-state index is 13.8. The van der Waals surface area contributed by atoms with Crippen molar-refractivity contribution in [3.05, 3.63) is 73.1 Å². The number of rotatable bonds is 5. The summed E-state index contributed by atoms with van der Waals surface area (Å²) in [5.74, 6) is 0.0863. The van der Waals surface area contributed by atoms with Crippen LogP contribution in [-0.4, -0.2) is 41.0 Å². The molecule has 0 fully saturated rings. The maximum Gasteiger partial charge on any atom is 0.224 e. The van der Waals surface area contributed by atoms with E-state index >= 15 is 0 Å². The fourth-order valence-corrected chi connectivity index (χ4v) is 4.03. The molecular formula is C26H19FN8O. The first-order valence-electron chi connectivity index (χ1n) is 11.3. The molecule has 0 saturated carbocycles. The largest absolute Gasteiger partial charge is 0.335 e. The van der Waals surface area contributed by atoms with Gasteiger partial charge < -0.3 is 10.3 Å². The molecule has 3 N–H and O–H groups in total. The number of anilines is 1. The van der Waals surface area contributed by atoms with Gasteiger partial charge in [0.25, 0.3) is 0 Å². The van der Waals surface area contributed by atoms with E-state index in [1.165, 1.54) is 12.1 Å². The van der Waals surface area contributed by atoms with Gasteiger partial charge in [0.15, 0.2) is 11.5 Å². The highest BCUT2D eigenvalue weighted by atomic mass is 19.1. The normalized spacial score (nSPS) is 11.3. The van der Waals surface area contributed by atoms with Crippen molar-refractivity contribution in [1.29, 1.82) is 0 Å². The highest BCUT2D eigenvalue weighted by Gasteiger charge is 2.17. The molecule has 0 bridgehead atoms. The number of nitrogens with one attached hydrogen (secondary N) is 3. The summed E-state index contributed by atoms with van der Waals surface area (Å²) in [6, 6.07) is 11.9. The Kier molecular flexibility index (Phi) is 5.18. The number of pyridine rings is 3. The Balaban J connectivity index is 1.43. The van der Waals surface area contributed by atoms with E-state index in [4.69, 9.17) is 9.97 Å². The van der Waals surface area contributed by atoms with E-state index in [0.717, 1.165) is 11.1 Å². The number of carbonyl (C=O) groups excluding carboxylic acids is 1. The first-order chi connectivity index (χ1) is 17.6. The zero-order valence-electron chi connectivity index (χ0n) is 19.1. The van der Waals surface area contributed by atoms with Gasteiger partial charge in [0, 0.05) is 29.9 Å². The van der Waals surface area contributed by atoms with Crippen LogP contribution in [0.3, 0.4) is 0 Å². The molecule has 0 aliphatic carbocycles. The second kappa shape index (κ2) is 8.66. The molecule has 0 saturated heterocycles. The average molecular weight is 478 g/mol. The molecule has 5 aromatic heterocycles. The van der Waals surface area contributed by atoms with Crippen molar-refractivity contribution in [2.75, 3.05) is 5.32 Å². The topological polar surface area (TPSA) is 125 Å². The fourth-order valence-electron chi connectivity index (χ4n) is 4.03. The van der Waals surface area contributed by atoms with Gasteiger partial charge in [-0.2, -0.15) is 5.10 Å². The van der Waals surface area contributed by atoms with Gasteiger partial charge in [0.2, 0.25) is 5.91 Å². The van der Waals surface area contributed by atoms with Crippen LogP contribution in [-0.2, 0) is 4.79 Å². The minimum Gasteiger partial charge on any atom is -0.335 e. The first-order valence-corrected chi connectivity index (χ1v) is 11.3. The summed E-state index contributed by atoms with van der Waals surface area (Å²) in [6.07, 6.45) is 6.99. The van der Waals surface area contributed by atoms with E-state index in [1.807, 2.05) is 24.3 Å². The van der Waals surface area contributed by atoms with Gasteiger partial charge in [0.1, 0.15) is 11.3 Å². The molecule has 9 nitrogen and oxygen atoms in total. The summed E-state index contributed by atoms with van der Waals surface area (Å²) in [5.41, 5.74) is 6.66. The summed E-state index contributed by atoms with van der Waals surface area (Å²) in [4.78, 5) is 33.1. The molecule has 10 heteroatoms. The van der Waals surface area contributed by atoms with Gasteiger partial charge >= 0.3 is 0 Å². The van der Waals surface area contributed by atoms with Crippen LogP contribution in [0.4, 0.5) is 10.1 Å². The van der Waals surface area contributed by atoms with Crippen molar-refractivity contribution in [3.8, 4) is 33.9 Å². The number of benzene rings is 1. The van der Waals surface area contributed by atoms with Crippen molar-refractivity contribution < 1.29 is 9.18 Å². The molecule has 1 amide bonds. The van der Waals surface area contributed by atoms with Crippen LogP contribution in [0.15, 0.2) is 67.3 Å². The molecule has 0 atom stereocenters. The van der Waals surface area contributed by atoms with Crippen molar-refractivity contribution >= 4 is 33.7 Å². The number of amides is 1. The van der Waals surface area contributed by atoms with Gasteiger partial charge in [-0.3, -0.25) is 19.9 Å². The number of halogens is 1. The zero-order valence-corrected chi connectivity index (χ0v) is 19.1. The van der Waals surface area contributed by atoms with Gasteiger partial charge in [0.05, 0.1) is 40.3 Å². The Morgan fingerprint density at radius 3 is 2.69 bits per heavy atom. The van der Waals surface area contributed by atoms with Gasteiger partial charge in [-0.25, -0.2) is 14.4 Å². The van der Waals surface area contributed by atoms with Crippen LogP contribution in [0.2, 0.25) is 0 Å². The monoisotopic (exact) mass is 478 g/mol. The molecule has 176 valence electrons. The van der Waals surface area contributed by atoms with Crippen molar-refractivity contribution in [3.63, 3.8) is 0 Å². The van der Waals surface area contributed by atoms with Crippen molar-refractivity contribution in [2.24, 2.45) is 0 Å². The minimum atomic E-state index is -0.330. The maximum atomic E-state index is 13.8. The Bertz CT molecular complexity index is 1760. The number of aromatic nitrogens is 7. The van der Waals surface area contributed by atoms with E-state index in [0.29, 0.717) is 57.0 Å². The number of nitrogens with zero attached hydrogens (tertiary/aromatic N) is 5. The van der Waals surface area contributed by atoms with Crippen molar-refractivity contribution in [1.82, 2.24) is 35.1 Å². The molecule has 1 aromatic carbocycles. The number of fused-ring (bicyclic) bond motifs is 2. The van der Waals surface area contributed by atoms with Crippen LogP contribution >= 0.6 is 0 Å². The van der Waals surface area contributed by atoms with Gasteiger partial charge in [-0.15, -0.1) is 0 Å². The molecule has 0 unspecified atom stereocenters. The van der Waals surface area contributed by atoms with Gasteiger partial charge in [-0.05, 0) is 35.9 Å². The fraction of sp³-hybridized carbons (Fsp3) is 0.0769. The number of hydrogen-bond acceptors (Lipinski definition) is 6. The standard InChI is InChI=1S/C26H19FN8O/c1-2-22(36)30-17-9-15(10-28-11-17)19-6-7-20-24(31-19)25(35-34-20)26-32-21-13-29-12-18(23(21)33-26)14-4-3-5-16(27)8-14/h3-13H,2H2,1H3,(H,30,36)(H,32,33)(H,34,35). The third-order valence-electron chi connectivity index (χ3n) is 5.80. The Labute approximate surface area is 203 Å². The molecule has 0 aliphatic rings. The molecule has 5 heterocycles. The van der Waals surface area contributed by atoms with Crippen LogP contribution in [0.5, 0.6) is 0 Å². The third-order valence-corrected chi connectivity index (χ3v) is 5.80. The summed E-state index contributed by atoms with van der Waals surface area (Å²) >= 11 is 0. The van der Waals surface area contributed by atoms with E-state index in [2.05, 4.69) is 30.5 Å². The van der Waals surface area contributed by atoms with Crippen LogP contribution in [0, 0.1) is 5.82 Å². The number of carbonyl (C=O) groups is 1. The Morgan fingerprint density at radius 1 is 0.944 bits per heavy atom. The first kappa shape index (κ1) is 21.5. The number of imidazole rings is 1. The Hall–Kier alpha value is -4.99. The minimum absolute atomic E-state index is 0.0912.